The van der Waals surface area contributed by atoms with E-state index in [1.165, 1.54) is 19.4 Å². The van der Waals surface area contributed by atoms with Gasteiger partial charge in [-0.25, -0.2) is 4.98 Å². The van der Waals surface area contributed by atoms with Crippen molar-refractivity contribution in [3.05, 3.63) is 41.4 Å². The van der Waals surface area contributed by atoms with E-state index in [9.17, 15) is 4.79 Å². The highest BCUT2D eigenvalue weighted by atomic mass is 16.5. The number of piperazine rings is 1. The molecule has 1 amide bonds. The van der Waals surface area contributed by atoms with E-state index < -0.39 is 0 Å². The van der Waals surface area contributed by atoms with E-state index in [1.807, 2.05) is 18.2 Å². The zero-order chi connectivity index (χ0) is 18.6. The first-order valence-electron chi connectivity index (χ1n) is 9.90. The summed E-state index contributed by atoms with van der Waals surface area (Å²) in [6, 6.07) is 6.35. The van der Waals surface area contributed by atoms with Gasteiger partial charge >= 0.3 is 0 Å². The first-order valence-corrected chi connectivity index (χ1v) is 9.90. The number of fused-ring (bicyclic) bond motifs is 1. The van der Waals surface area contributed by atoms with Crippen LogP contribution in [0.5, 0.6) is 0 Å². The molecule has 0 aliphatic carbocycles. The van der Waals surface area contributed by atoms with Crippen LogP contribution >= 0.6 is 0 Å². The molecular formula is C20H27N5O2. The summed E-state index contributed by atoms with van der Waals surface area (Å²) >= 11 is 0. The zero-order valence-electron chi connectivity index (χ0n) is 15.9. The number of carbonyl (C=O) groups is 1. The molecule has 0 spiro atoms. The zero-order valence-corrected chi connectivity index (χ0v) is 15.9. The maximum Gasteiger partial charge on any atom is 0.253 e. The van der Waals surface area contributed by atoms with Crippen molar-refractivity contribution in [2.75, 3.05) is 31.1 Å². The second-order valence-electron chi connectivity index (χ2n) is 7.40. The van der Waals surface area contributed by atoms with Gasteiger partial charge in [-0.1, -0.05) is 18.5 Å². The quantitative estimate of drug-likeness (QED) is 0.842. The van der Waals surface area contributed by atoms with Gasteiger partial charge in [0.25, 0.3) is 5.91 Å². The normalized spacial score (nSPS) is 19.9. The molecule has 2 saturated heterocycles. The molecule has 2 aromatic heterocycles. The summed E-state index contributed by atoms with van der Waals surface area (Å²) in [7, 11) is 0. The lowest BCUT2D eigenvalue weighted by Gasteiger charge is -2.38. The summed E-state index contributed by atoms with van der Waals surface area (Å²) < 4.78 is 5.25. The number of aryl methyl sites for hydroxylation is 1. The Hall–Kier alpha value is -2.41. The first-order chi connectivity index (χ1) is 13.2. The minimum atomic E-state index is -0.150. The lowest BCUT2D eigenvalue weighted by atomic mass is 10.1. The van der Waals surface area contributed by atoms with Crippen LogP contribution in [0.15, 0.2) is 28.9 Å². The fraction of sp³-hybridized carbons (Fsp3) is 0.550. The lowest BCUT2D eigenvalue weighted by Crippen LogP contribution is -2.50. The van der Waals surface area contributed by atoms with E-state index in [0.717, 1.165) is 44.0 Å². The van der Waals surface area contributed by atoms with Crippen molar-refractivity contribution in [3.8, 4) is 0 Å². The third kappa shape index (κ3) is 4.13. The standard InChI is InChI=1S/C20H27N5O2/c1-2-4-16-11-18(27-23-16)13-22-20(26)15-6-7-19(21-12-15)25-10-9-24-8-3-5-17(24)14-25/h6-7,11-12,17H,2-5,8-10,13-14H2,1H3,(H,22,26). The molecule has 27 heavy (non-hydrogen) atoms. The SMILES string of the molecule is CCCc1cc(CNC(=O)c2ccc(N3CCN4CCCC4C3)nc2)on1. The van der Waals surface area contributed by atoms with E-state index in [2.05, 4.69) is 32.2 Å². The molecule has 4 rings (SSSR count). The van der Waals surface area contributed by atoms with Crippen LogP contribution in [0.25, 0.3) is 0 Å². The second kappa shape index (κ2) is 8.08. The average molecular weight is 369 g/mol. The predicted octanol–water partition coefficient (Wildman–Crippen LogP) is 2.24. The molecular weight excluding hydrogens is 342 g/mol. The largest absolute Gasteiger partial charge is 0.359 e. The molecule has 0 aromatic carbocycles. The summed E-state index contributed by atoms with van der Waals surface area (Å²) in [4.78, 5) is 21.8. The molecule has 7 heteroatoms. The molecule has 7 nitrogen and oxygen atoms in total. The molecule has 4 heterocycles. The van der Waals surface area contributed by atoms with Crippen LogP contribution in [0.1, 0.15) is 48.0 Å². The topological polar surface area (TPSA) is 74.5 Å². The van der Waals surface area contributed by atoms with Gasteiger partial charge in [0.2, 0.25) is 0 Å². The summed E-state index contributed by atoms with van der Waals surface area (Å²) in [5.74, 6) is 1.48. The third-order valence-corrected chi connectivity index (χ3v) is 5.46. The Morgan fingerprint density at radius 2 is 2.26 bits per heavy atom. The molecule has 0 radical (unpaired) electrons. The Kier molecular flexibility index (Phi) is 5.38. The van der Waals surface area contributed by atoms with E-state index in [-0.39, 0.29) is 5.91 Å². The molecule has 144 valence electrons. The number of aromatic nitrogens is 2. The Balaban J connectivity index is 1.32. The molecule has 2 aliphatic rings. The third-order valence-electron chi connectivity index (χ3n) is 5.46. The lowest BCUT2D eigenvalue weighted by molar-refractivity contribution is 0.0946. The summed E-state index contributed by atoms with van der Waals surface area (Å²) in [5.41, 5.74) is 1.49. The molecule has 1 atom stereocenters. The van der Waals surface area contributed by atoms with Gasteiger partial charge in [-0.05, 0) is 37.9 Å². The van der Waals surface area contributed by atoms with Crippen molar-refractivity contribution in [2.45, 2.75) is 45.2 Å². The van der Waals surface area contributed by atoms with Gasteiger partial charge in [-0.3, -0.25) is 9.69 Å². The second-order valence-corrected chi connectivity index (χ2v) is 7.40. The fourth-order valence-electron chi connectivity index (χ4n) is 3.99. The van der Waals surface area contributed by atoms with Crippen LogP contribution in [-0.2, 0) is 13.0 Å². The Bertz CT molecular complexity index is 773. The number of amides is 1. The number of anilines is 1. The highest BCUT2D eigenvalue weighted by Gasteiger charge is 2.30. The van der Waals surface area contributed by atoms with Crippen molar-refractivity contribution in [1.82, 2.24) is 20.4 Å². The number of hydrogen-bond acceptors (Lipinski definition) is 6. The minimum absolute atomic E-state index is 0.150. The van der Waals surface area contributed by atoms with Gasteiger partial charge in [0.15, 0.2) is 5.76 Å². The molecule has 2 aliphatic heterocycles. The van der Waals surface area contributed by atoms with Crippen LogP contribution in [-0.4, -0.2) is 53.2 Å². The van der Waals surface area contributed by atoms with E-state index in [0.29, 0.717) is 23.9 Å². The summed E-state index contributed by atoms with van der Waals surface area (Å²) in [6.45, 7) is 6.80. The van der Waals surface area contributed by atoms with Crippen molar-refractivity contribution >= 4 is 11.7 Å². The molecule has 1 N–H and O–H groups in total. The summed E-state index contributed by atoms with van der Waals surface area (Å²) in [5, 5.41) is 6.86. The monoisotopic (exact) mass is 369 g/mol. The predicted molar refractivity (Wildman–Crippen MR) is 103 cm³/mol. The van der Waals surface area contributed by atoms with Gasteiger partial charge < -0.3 is 14.7 Å². The van der Waals surface area contributed by atoms with Crippen molar-refractivity contribution in [3.63, 3.8) is 0 Å². The smallest absolute Gasteiger partial charge is 0.253 e. The number of hydrogen-bond donors (Lipinski definition) is 1. The Morgan fingerprint density at radius 3 is 3.07 bits per heavy atom. The van der Waals surface area contributed by atoms with Crippen LogP contribution in [0.3, 0.4) is 0 Å². The van der Waals surface area contributed by atoms with Gasteiger partial charge in [0.05, 0.1) is 17.8 Å². The van der Waals surface area contributed by atoms with Crippen molar-refractivity contribution in [1.29, 1.82) is 0 Å². The number of carbonyl (C=O) groups excluding carboxylic acids is 1. The molecule has 1 unspecified atom stereocenters. The number of nitrogens with zero attached hydrogens (tertiary/aromatic N) is 4. The summed E-state index contributed by atoms with van der Waals surface area (Å²) in [6.07, 6.45) is 6.15. The minimum Gasteiger partial charge on any atom is -0.359 e. The maximum atomic E-state index is 12.4. The van der Waals surface area contributed by atoms with Crippen LogP contribution in [0.2, 0.25) is 0 Å². The maximum absolute atomic E-state index is 12.4. The van der Waals surface area contributed by atoms with Gasteiger partial charge in [-0.2, -0.15) is 0 Å². The highest BCUT2D eigenvalue weighted by molar-refractivity contribution is 5.93. The van der Waals surface area contributed by atoms with Gasteiger partial charge in [0.1, 0.15) is 5.82 Å². The molecule has 0 saturated carbocycles. The van der Waals surface area contributed by atoms with Crippen molar-refractivity contribution < 1.29 is 9.32 Å². The number of pyridine rings is 1. The van der Waals surface area contributed by atoms with E-state index in [1.54, 1.807) is 6.20 Å². The Morgan fingerprint density at radius 1 is 1.33 bits per heavy atom. The molecule has 0 bridgehead atoms. The fourth-order valence-corrected chi connectivity index (χ4v) is 3.99. The van der Waals surface area contributed by atoms with Crippen LogP contribution < -0.4 is 10.2 Å². The van der Waals surface area contributed by atoms with Gasteiger partial charge in [0, 0.05) is 37.9 Å². The van der Waals surface area contributed by atoms with Crippen molar-refractivity contribution in [2.24, 2.45) is 0 Å². The van der Waals surface area contributed by atoms with Crippen LogP contribution in [0, 0.1) is 0 Å². The first kappa shape index (κ1) is 18.0. The van der Waals surface area contributed by atoms with E-state index >= 15 is 0 Å². The van der Waals surface area contributed by atoms with Crippen LogP contribution in [0.4, 0.5) is 5.82 Å². The Labute approximate surface area is 159 Å². The highest BCUT2D eigenvalue weighted by Crippen LogP contribution is 2.24. The number of rotatable bonds is 6. The van der Waals surface area contributed by atoms with Gasteiger partial charge in [-0.15, -0.1) is 0 Å². The van der Waals surface area contributed by atoms with E-state index in [4.69, 9.17) is 4.52 Å². The molecule has 2 aromatic rings. The number of nitrogens with one attached hydrogen (secondary N) is 1. The molecule has 2 fully saturated rings. The average Bonchev–Trinajstić information content (AvgIpc) is 3.35.